The first kappa shape index (κ1) is 30.2. The van der Waals surface area contributed by atoms with Crippen molar-refractivity contribution in [2.75, 3.05) is 5.75 Å². The maximum atomic E-state index is 13.7. The molecule has 1 amide bonds. The molecule has 0 fully saturated rings. The van der Waals surface area contributed by atoms with Crippen LogP contribution >= 0.6 is 11.8 Å². The van der Waals surface area contributed by atoms with Crippen LogP contribution in [0.5, 0.6) is 5.75 Å². The van der Waals surface area contributed by atoms with E-state index in [-0.39, 0.29) is 17.8 Å². The number of ether oxygens (including phenoxy) is 2. The van der Waals surface area contributed by atoms with E-state index in [4.69, 9.17) is 9.47 Å². The summed E-state index contributed by atoms with van der Waals surface area (Å²) >= 11 is 1.55. The van der Waals surface area contributed by atoms with Crippen LogP contribution in [0.25, 0.3) is 10.8 Å². The zero-order chi connectivity index (χ0) is 28.4. The number of carbonyl (C=O) groups is 3. The van der Waals surface area contributed by atoms with Gasteiger partial charge < -0.3 is 14.8 Å². The zero-order valence-corrected chi connectivity index (χ0v) is 24.3. The molecule has 0 saturated heterocycles. The van der Waals surface area contributed by atoms with E-state index in [9.17, 15) is 14.4 Å². The van der Waals surface area contributed by atoms with E-state index >= 15 is 0 Å². The van der Waals surface area contributed by atoms with Crippen molar-refractivity contribution >= 4 is 40.4 Å². The van der Waals surface area contributed by atoms with Crippen LogP contribution in [0, 0.1) is 5.92 Å². The summed E-state index contributed by atoms with van der Waals surface area (Å²) in [6, 6.07) is 20.8. The third kappa shape index (κ3) is 9.74. The van der Waals surface area contributed by atoms with Gasteiger partial charge in [-0.1, -0.05) is 62.2 Å². The molecule has 7 heteroatoms. The number of amides is 1. The molecule has 0 unspecified atom stereocenters. The third-order valence-corrected chi connectivity index (χ3v) is 7.28. The Morgan fingerprint density at radius 2 is 1.64 bits per heavy atom. The fourth-order valence-corrected chi connectivity index (χ4v) is 5.24. The van der Waals surface area contributed by atoms with Gasteiger partial charge in [-0.15, -0.1) is 11.8 Å². The molecule has 0 aliphatic carbocycles. The summed E-state index contributed by atoms with van der Waals surface area (Å²) in [5.41, 5.74) is 0.448. The molecular formula is C32H39NO5S. The monoisotopic (exact) mass is 549 g/mol. The SMILES string of the molecule is CCCC[C@H](NC(=O)[C@@H](CSc1ccc(OC(C)=O)cc1)Cc1cccc2ccccc12)C(=O)OC(C)(C)C. The summed E-state index contributed by atoms with van der Waals surface area (Å²) in [6.45, 7) is 8.91. The second-order valence-electron chi connectivity index (χ2n) is 10.7. The second-order valence-corrected chi connectivity index (χ2v) is 11.7. The van der Waals surface area contributed by atoms with Crippen molar-refractivity contribution in [3.63, 3.8) is 0 Å². The van der Waals surface area contributed by atoms with Crippen LogP contribution in [0.1, 0.15) is 59.4 Å². The third-order valence-electron chi connectivity index (χ3n) is 6.11. The molecule has 2 atom stereocenters. The molecule has 39 heavy (non-hydrogen) atoms. The van der Waals surface area contributed by atoms with E-state index in [2.05, 4.69) is 36.5 Å². The van der Waals surface area contributed by atoms with Gasteiger partial charge in [0, 0.05) is 17.6 Å². The number of thioether (sulfide) groups is 1. The van der Waals surface area contributed by atoms with E-state index in [1.807, 2.05) is 51.1 Å². The minimum Gasteiger partial charge on any atom is -0.458 e. The summed E-state index contributed by atoms with van der Waals surface area (Å²) < 4.78 is 10.8. The Morgan fingerprint density at radius 3 is 2.31 bits per heavy atom. The van der Waals surface area contributed by atoms with Gasteiger partial charge in [-0.25, -0.2) is 4.79 Å². The average Bonchev–Trinajstić information content (AvgIpc) is 2.88. The van der Waals surface area contributed by atoms with Gasteiger partial charge in [0.05, 0.1) is 5.92 Å². The molecule has 0 saturated carbocycles. The molecule has 0 aromatic heterocycles. The summed E-state index contributed by atoms with van der Waals surface area (Å²) in [7, 11) is 0. The van der Waals surface area contributed by atoms with Crippen molar-refractivity contribution in [1.29, 1.82) is 0 Å². The highest BCUT2D eigenvalue weighted by Gasteiger charge is 2.29. The Hall–Kier alpha value is -3.32. The molecule has 0 aliphatic heterocycles. The Bertz CT molecular complexity index is 1260. The first-order chi connectivity index (χ1) is 18.6. The maximum Gasteiger partial charge on any atom is 0.329 e. The fraction of sp³-hybridized carbons (Fsp3) is 0.406. The molecular weight excluding hydrogens is 510 g/mol. The van der Waals surface area contributed by atoms with Gasteiger partial charge >= 0.3 is 11.9 Å². The first-order valence-corrected chi connectivity index (χ1v) is 14.5. The number of carbonyl (C=O) groups excluding carboxylic acids is 3. The number of esters is 2. The lowest BCUT2D eigenvalue weighted by Gasteiger charge is -2.26. The zero-order valence-electron chi connectivity index (χ0n) is 23.5. The minimum absolute atomic E-state index is 0.168. The summed E-state index contributed by atoms with van der Waals surface area (Å²) in [4.78, 5) is 38.9. The molecule has 0 aliphatic rings. The van der Waals surface area contributed by atoms with Crippen LogP contribution in [0.2, 0.25) is 0 Å². The normalized spacial score (nSPS) is 12.9. The predicted molar refractivity (Wildman–Crippen MR) is 157 cm³/mol. The van der Waals surface area contributed by atoms with Crippen LogP contribution in [0.15, 0.2) is 71.6 Å². The topological polar surface area (TPSA) is 81.7 Å². The van der Waals surface area contributed by atoms with Gasteiger partial charge in [0.2, 0.25) is 5.91 Å². The molecule has 0 spiro atoms. The summed E-state index contributed by atoms with van der Waals surface area (Å²) in [5, 5.41) is 5.26. The minimum atomic E-state index is -0.695. The summed E-state index contributed by atoms with van der Waals surface area (Å²) in [6.07, 6.45) is 2.78. The highest BCUT2D eigenvalue weighted by Crippen LogP contribution is 2.28. The number of unbranched alkanes of at least 4 members (excludes halogenated alkanes) is 1. The maximum absolute atomic E-state index is 13.7. The van der Waals surface area contributed by atoms with Crippen LogP contribution in [-0.4, -0.2) is 35.2 Å². The lowest BCUT2D eigenvalue weighted by molar-refractivity contribution is -0.159. The molecule has 3 rings (SSSR count). The number of hydrogen-bond donors (Lipinski definition) is 1. The number of benzene rings is 3. The average molecular weight is 550 g/mol. The van der Waals surface area contributed by atoms with Crippen molar-refractivity contribution in [2.45, 2.75) is 76.8 Å². The number of hydrogen-bond acceptors (Lipinski definition) is 6. The van der Waals surface area contributed by atoms with E-state index in [1.54, 1.807) is 23.9 Å². The Balaban J connectivity index is 1.82. The van der Waals surface area contributed by atoms with Crippen LogP contribution in [0.4, 0.5) is 0 Å². The smallest absolute Gasteiger partial charge is 0.329 e. The largest absolute Gasteiger partial charge is 0.458 e. The van der Waals surface area contributed by atoms with Gasteiger partial charge in [-0.2, -0.15) is 0 Å². The lowest BCUT2D eigenvalue weighted by atomic mass is 9.95. The highest BCUT2D eigenvalue weighted by atomic mass is 32.2. The van der Waals surface area contributed by atoms with Gasteiger partial charge in [0.1, 0.15) is 17.4 Å². The molecule has 0 heterocycles. The first-order valence-electron chi connectivity index (χ1n) is 13.5. The molecule has 208 valence electrons. The Morgan fingerprint density at radius 1 is 0.949 bits per heavy atom. The molecule has 1 N–H and O–H groups in total. The lowest BCUT2D eigenvalue weighted by Crippen LogP contribution is -2.47. The van der Waals surface area contributed by atoms with Crippen molar-refractivity contribution in [2.24, 2.45) is 5.92 Å². The van der Waals surface area contributed by atoms with E-state index in [1.165, 1.54) is 6.92 Å². The van der Waals surface area contributed by atoms with Crippen LogP contribution in [-0.2, 0) is 25.5 Å². The Kier molecular flexibility index (Phi) is 11.0. The molecule has 0 radical (unpaired) electrons. The Labute approximate surface area is 235 Å². The molecule has 3 aromatic rings. The number of fused-ring (bicyclic) bond motifs is 1. The van der Waals surface area contributed by atoms with Crippen molar-refractivity contribution in [3.05, 3.63) is 72.3 Å². The van der Waals surface area contributed by atoms with Crippen molar-refractivity contribution in [3.8, 4) is 5.75 Å². The van der Waals surface area contributed by atoms with Crippen LogP contribution in [0.3, 0.4) is 0 Å². The van der Waals surface area contributed by atoms with Crippen molar-refractivity contribution < 1.29 is 23.9 Å². The van der Waals surface area contributed by atoms with Crippen LogP contribution < -0.4 is 10.1 Å². The fourth-order valence-electron chi connectivity index (χ4n) is 4.25. The van der Waals surface area contributed by atoms with E-state index in [0.717, 1.165) is 34.1 Å². The van der Waals surface area contributed by atoms with Crippen molar-refractivity contribution in [1.82, 2.24) is 5.32 Å². The van der Waals surface area contributed by atoms with E-state index in [0.29, 0.717) is 24.3 Å². The van der Waals surface area contributed by atoms with Gasteiger partial charge in [-0.05, 0) is 74.2 Å². The van der Waals surface area contributed by atoms with Gasteiger partial charge in [-0.3, -0.25) is 9.59 Å². The molecule has 0 bridgehead atoms. The second kappa shape index (κ2) is 14.2. The molecule has 3 aromatic carbocycles. The number of nitrogens with one attached hydrogen (secondary N) is 1. The highest BCUT2D eigenvalue weighted by molar-refractivity contribution is 7.99. The predicted octanol–water partition coefficient (Wildman–Crippen LogP) is 6.73. The van der Waals surface area contributed by atoms with Gasteiger partial charge in [0.15, 0.2) is 0 Å². The number of rotatable bonds is 12. The molecule has 6 nitrogen and oxygen atoms in total. The summed E-state index contributed by atoms with van der Waals surface area (Å²) in [5.74, 6) is -0.337. The quantitative estimate of drug-likeness (QED) is 0.153. The van der Waals surface area contributed by atoms with Gasteiger partial charge in [0.25, 0.3) is 0 Å². The van der Waals surface area contributed by atoms with E-state index < -0.39 is 17.6 Å². The standard InChI is InChI=1S/C32H39NO5S/c1-6-7-15-29(31(36)38-32(3,4)5)33-30(35)25(20-24-13-10-12-23-11-8-9-14-28(23)24)21-39-27-18-16-26(17-19-27)37-22(2)34/h8-14,16-19,25,29H,6-7,15,20-21H2,1-5H3,(H,33,35)/t25-,29+/m1/s1.